The van der Waals surface area contributed by atoms with Crippen molar-refractivity contribution in [1.82, 2.24) is 15.3 Å². The third kappa shape index (κ3) is 3.56. The molecule has 0 atom stereocenters. The van der Waals surface area contributed by atoms with E-state index in [1.807, 2.05) is 37.3 Å². The summed E-state index contributed by atoms with van der Waals surface area (Å²) in [5.74, 6) is 1.67. The van der Waals surface area contributed by atoms with Gasteiger partial charge in [0.2, 0.25) is 0 Å². The van der Waals surface area contributed by atoms with Crippen LogP contribution in [0.3, 0.4) is 0 Å². The minimum atomic E-state index is -0.0656. The molecule has 3 rings (SSSR count). The number of hydrogen-bond acceptors (Lipinski definition) is 3. The highest BCUT2D eigenvalue weighted by Crippen LogP contribution is 2.18. The molecule has 124 valence electrons. The summed E-state index contributed by atoms with van der Waals surface area (Å²) in [4.78, 5) is 19.7. The lowest BCUT2D eigenvalue weighted by Crippen LogP contribution is -2.24. The van der Waals surface area contributed by atoms with Crippen LogP contribution in [0.1, 0.15) is 28.2 Å². The van der Waals surface area contributed by atoms with Crippen molar-refractivity contribution in [2.45, 2.75) is 19.8 Å². The van der Waals surface area contributed by atoms with Gasteiger partial charge in [-0.3, -0.25) is 4.79 Å². The summed E-state index contributed by atoms with van der Waals surface area (Å²) in [5.41, 5.74) is 3.56. The molecule has 0 aliphatic rings. The van der Waals surface area contributed by atoms with Crippen LogP contribution in [0.25, 0.3) is 11.0 Å². The highest BCUT2D eigenvalue weighted by Gasteiger charge is 2.08. The maximum absolute atomic E-state index is 12.3. The summed E-state index contributed by atoms with van der Waals surface area (Å²) in [7, 11) is 1.67. The first-order chi connectivity index (χ1) is 11.7. The highest BCUT2D eigenvalue weighted by molar-refractivity contribution is 5.97. The van der Waals surface area contributed by atoms with Crippen LogP contribution in [0.5, 0.6) is 5.75 Å². The van der Waals surface area contributed by atoms with Gasteiger partial charge in [0.1, 0.15) is 11.6 Å². The van der Waals surface area contributed by atoms with Crippen molar-refractivity contribution in [3.8, 4) is 5.75 Å². The van der Waals surface area contributed by atoms with Crippen LogP contribution >= 0.6 is 0 Å². The van der Waals surface area contributed by atoms with Crippen LogP contribution in [-0.4, -0.2) is 29.5 Å². The Morgan fingerprint density at radius 1 is 1.25 bits per heavy atom. The van der Waals surface area contributed by atoms with E-state index in [1.54, 1.807) is 13.2 Å². The van der Waals surface area contributed by atoms with E-state index < -0.39 is 0 Å². The molecule has 0 saturated heterocycles. The van der Waals surface area contributed by atoms with Crippen LogP contribution in [0, 0.1) is 6.92 Å². The van der Waals surface area contributed by atoms with Crippen LogP contribution < -0.4 is 10.1 Å². The van der Waals surface area contributed by atoms with E-state index in [2.05, 4.69) is 21.4 Å². The van der Waals surface area contributed by atoms with E-state index in [4.69, 9.17) is 4.74 Å². The molecule has 0 bridgehead atoms. The molecule has 5 nitrogen and oxygen atoms in total. The SMILES string of the molecule is COc1ccccc1CCCNC(=O)c1ccc2nc(C)[nH]c2c1. The van der Waals surface area contributed by atoms with Crippen LogP contribution in [0.15, 0.2) is 42.5 Å². The molecule has 5 heteroatoms. The number of ether oxygens (including phenoxy) is 1. The topological polar surface area (TPSA) is 67.0 Å². The van der Waals surface area contributed by atoms with Crippen LogP contribution in [0.2, 0.25) is 0 Å². The molecule has 0 aliphatic carbocycles. The predicted octanol–water partition coefficient (Wildman–Crippen LogP) is 3.24. The maximum atomic E-state index is 12.3. The second-order valence-electron chi connectivity index (χ2n) is 5.73. The Balaban J connectivity index is 1.55. The molecule has 0 unspecified atom stereocenters. The summed E-state index contributed by atoms with van der Waals surface area (Å²) in [5, 5.41) is 2.96. The number of H-pyrrole nitrogens is 1. The summed E-state index contributed by atoms with van der Waals surface area (Å²) < 4.78 is 5.34. The first kappa shape index (κ1) is 16.1. The van der Waals surface area contributed by atoms with Gasteiger partial charge in [-0.05, 0) is 49.6 Å². The molecule has 0 spiro atoms. The lowest BCUT2D eigenvalue weighted by Gasteiger charge is -2.09. The van der Waals surface area contributed by atoms with Crippen LogP contribution in [-0.2, 0) is 6.42 Å². The second kappa shape index (κ2) is 7.17. The molecule has 1 aromatic heterocycles. The number of hydrogen-bond donors (Lipinski definition) is 2. The van der Waals surface area contributed by atoms with Crippen molar-refractivity contribution in [3.63, 3.8) is 0 Å². The van der Waals surface area contributed by atoms with Gasteiger partial charge < -0.3 is 15.0 Å². The summed E-state index contributed by atoms with van der Waals surface area (Å²) in [6, 6.07) is 13.5. The Kier molecular flexibility index (Phi) is 4.79. The zero-order valence-corrected chi connectivity index (χ0v) is 13.9. The Labute approximate surface area is 141 Å². The second-order valence-corrected chi connectivity index (χ2v) is 5.73. The monoisotopic (exact) mass is 323 g/mol. The van der Waals surface area contributed by atoms with Gasteiger partial charge in [0.05, 0.1) is 18.1 Å². The molecular formula is C19H21N3O2. The zero-order valence-electron chi connectivity index (χ0n) is 13.9. The number of fused-ring (bicyclic) bond motifs is 1. The quantitative estimate of drug-likeness (QED) is 0.684. The van der Waals surface area contributed by atoms with E-state index in [-0.39, 0.29) is 5.91 Å². The number of carbonyl (C=O) groups is 1. The molecule has 2 N–H and O–H groups in total. The number of imidazole rings is 1. The predicted molar refractivity (Wildman–Crippen MR) is 94.5 cm³/mol. The number of nitrogens with one attached hydrogen (secondary N) is 2. The Bertz CT molecular complexity index is 855. The van der Waals surface area contributed by atoms with Gasteiger partial charge in [-0.1, -0.05) is 18.2 Å². The van der Waals surface area contributed by atoms with Gasteiger partial charge in [0, 0.05) is 12.1 Å². The van der Waals surface area contributed by atoms with Gasteiger partial charge in [-0.2, -0.15) is 0 Å². The average molecular weight is 323 g/mol. The highest BCUT2D eigenvalue weighted by atomic mass is 16.5. The number of amides is 1. The van der Waals surface area contributed by atoms with Crippen molar-refractivity contribution in [2.75, 3.05) is 13.7 Å². The fourth-order valence-corrected chi connectivity index (χ4v) is 2.77. The van der Waals surface area contributed by atoms with Gasteiger partial charge in [-0.15, -0.1) is 0 Å². The number of methoxy groups -OCH3 is 1. The van der Waals surface area contributed by atoms with Crippen molar-refractivity contribution < 1.29 is 9.53 Å². The lowest BCUT2D eigenvalue weighted by molar-refractivity contribution is 0.0953. The van der Waals surface area contributed by atoms with Gasteiger partial charge in [0.25, 0.3) is 5.91 Å². The minimum Gasteiger partial charge on any atom is -0.496 e. The van der Waals surface area contributed by atoms with Crippen molar-refractivity contribution >= 4 is 16.9 Å². The fraction of sp³-hybridized carbons (Fsp3) is 0.263. The van der Waals surface area contributed by atoms with Crippen molar-refractivity contribution in [2.24, 2.45) is 0 Å². The Morgan fingerprint density at radius 3 is 2.92 bits per heavy atom. The molecule has 1 heterocycles. The van der Waals surface area contributed by atoms with Gasteiger partial charge in [0.15, 0.2) is 0 Å². The Hall–Kier alpha value is -2.82. The summed E-state index contributed by atoms with van der Waals surface area (Å²) in [6.07, 6.45) is 1.72. The molecule has 0 aliphatic heterocycles. The van der Waals surface area contributed by atoms with Crippen molar-refractivity contribution in [3.05, 3.63) is 59.4 Å². The lowest BCUT2D eigenvalue weighted by atomic mass is 10.1. The fourth-order valence-electron chi connectivity index (χ4n) is 2.77. The molecule has 0 fully saturated rings. The zero-order chi connectivity index (χ0) is 16.9. The molecule has 24 heavy (non-hydrogen) atoms. The first-order valence-corrected chi connectivity index (χ1v) is 8.04. The molecular weight excluding hydrogens is 302 g/mol. The largest absolute Gasteiger partial charge is 0.496 e. The average Bonchev–Trinajstić information content (AvgIpc) is 2.97. The number of benzene rings is 2. The normalized spacial score (nSPS) is 10.8. The first-order valence-electron chi connectivity index (χ1n) is 8.04. The number of nitrogens with zero attached hydrogens (tertiary/aromatic N) is 1. The molecule has 1 amide bonds. The summed E-state index contributed by atoms with van der Waals surface area (Å²) in [6.45, 7) is 2.52. The number of aromatic amines is 1. The number of para-hydroxylation sites is 1. The van der Waals surface area contributed by atoms with E-state index in [1.165, 1.54) is 0 Å². The van der Waals surface area contributed by atoms with E-state index in [0.29, 0.717) is 12.1 Å². The maximum Gasteiger partial charge on any atom is 0.251 e. The van der Waals surface area contributed by atoms with E-state index in [0.717, 1.165) is 41.0 Å². The van der Waals surface area contributed by atoms with E-state index in [9.17, 15) is 4.79 Å². The number of aromatic nitrogens is 2. The van der Waals surface area contributed by atoms with Crippen molar-refractivity contribution in [1.29, 1.82) is 0 Å². The number of aryl methyl sites for hydroxylation is 2. The number of carbonyl (C=O) groups excluding carboxylic acids is 1. The van der Waals surface area contributed by atoms with Crippen LogP contribution in [0.4, 0.5) is 0 Å². The number of rotatable bonds is 6. The standard InChI is InChI=1S/C19H21N3O2/c1-13-21-16-10-9-15(12-17(16)22-13)19(23)20-11-5-7-14-6-3-4-8-18(14)24-2/h3-4,6,8-10,12H,5,7,11H2,1-2H3,(H,20,23)(H,21,22). The third-order valence-electron chi connectivity index (χ3n) is 3.96. The molecule has 0 radical (unpaired) electrons. The van der Waals surface area contributed by atoms with E-state index >= 15 is 0 Å². The third-order valence-corrected chi connectivity index (χ3v) is 3.96. The smallest absolute Gasteiger partial charge is 0.251 e. The van der Waals surface area contributed by atoms with Gasteiger partial charge >= 0.3 is 0 Å². The molecule has 2 aromatic carbocycles. The molecule has 0 saturated carbocycles. The minimum absolute atomic E-state index is 0.0656. The van der Waals surface area contributed by atoms with Gasteiger partial charge in [-0.25, -0.2) is 4.98 Å². The molecule has 3 aromatic rings. The summed E-state index contributed by atoms with van der Waals surface area (Å²) >= 11 is 0. The Morgan fingerprint density at radius 2 is 2.08 bits per heavy atom.